The minimum Gasteiger partial charge on any atom is -0.361 e. The zero-order chi connectivity index (χ0) is 10.6. The SMILES string of the molecule is Cc1nc(NCC(C)C)sc1CCN. The number of thiazole rings is 1. The van der Waals surface area contributed by atoms with Crippen molar-refractivity contribution < 1.29 is 0 Å². The molecule has 3 nitrogen and oxygen atoms in total. The molecule has 4 heteroatoms. The van der Waals surface area contributed by atoms with E-state index in [1.54, 1.807) is 11.3 Å². The van der Waals surface area contributed by atoms with Crippen LogP contribution < -0.4 is 11.1 Å². The summed E-state index contributed by atoms with van der Waals surface area (Å²) in [5.41, 5.74) is 6.64. The van der Waals surface area contributed by atoms with Gasteiger partial charge >= 0.3 is 0 Å². The van der Waals surface area contributed by atoms with Gasteiger partial charge in [0.05, 0.1) is 5.69 Å². The second kappa shape index (κ2) is 5.32. The van der Waals surface area contributed by atoms with Gasteiger partial charge in [-0.2, -0.15) is 0 Å². The molecule has 0 aliphatic rings. The average Bonchev–Trinajstić information content (AvgIpc) is 2.45. The van der Waals surface area contributed by atoms with Crippen LogP contribution in [0.5, 0.6) is 0 Å². The van der Waals surface area contributed by atoms with E-state index in [-0.39, 0.29) is 0 Å². The van der Waals surface area contributed by atoms with Crippen LogP contribution in [0.1, 0.15) is 24.4 Å². The first-order valence-electron chi connectivity index (χ1n) is 5.03. The lowest BCUT2D eigenvalue weighted by molar-refractivity contribution is 0.688. The first-order chi connectivity index (χ1) is 6.63. The topological polar surface area (TPSA) is 50.9 Å². The molecule has 0 atom stereocenters. The van der Waals surface area contributed by atoms with E-state index >= 15 is 0 Å². The van der Waals surface area contributed by atoms with Gasteiger partial charge in [-0.3, -0.25) is 0 Å². The molecular formula is C10H19N3S. The number of hydrogen-bond donors (Lipinski definition) is 2. The zero-order valence-corrected chi connectivity index (χ0v) is 9.95. The molecule has 0 bridgehead atoms. The summed E-state index contributed by atoms with van der Waals surface area (Å²) in [5, 5.41) is 4.36. The maximum atomic E-state index is 5.52. The molecule has 1 aromatic rings. The standard InChI is InChI=1S/C10H19N3S/c1-7(2)6-12-10-13-8(3)9(14-10)4-5-11/h7H,4-6,11H2,1-3H3,(H,12,13). The van der Waals surface area contributed by atoms with E-state index in [9.17, 15) is 0 Å². The zero-order valence-electron chi connectivity index (χ0n) is 9.13. The van der Waals surface area contributed by atoms with Crippen molar-refractivity contribution in [2.24, 2.45) is 11.7 Å². The Morgan fingerprint density at radius 1 is 1.50 bits per heavy atom. The molecule has 80 valence electrons. The van der Waals surface area contributed by atoms with Gasteiger partial charge in [0.2, 0.25) is 0 Å². The molecule has 0 spiro atoms. The Morgan fingerprint density at radius 3 is 2.79 bits per heavy atom. The number of nitrogens with zero attached hydrogens (tertiary/aromatic N) is 1. The normalized spacial score (nSPS) is 10.9. The molecule has 0 saturated carbocycles. The van der Waals surface area contributed by atoms with E-state index in [1.165, 1.54) is 4.88 Å². The number of anilines is 1. The highest BCUT2D eigenvalue weighted by Gasteiger charge is 2.06. The van der Waals surface area contributed by atoms with Crippen LogP contribution in [-0.2, 0) is 6.42 Å². The number of aromatic nitrogens is 1. The van der Waals surface area contributed by atoms with E-state index in [0.717, 1.165) is 23.8 Å². The monoisotopic (exact) mass is 213 g/mol. The highest BCUT2D eigenvalue weighted by atomic mass is 32.1. The fraction of sp³-hybridized carbons (Fsp3) is 0.700. The molecule has 0 amide bonds. The second-order valence-corrected chi connectivity index (χ2v) is 4.92. The predicted molar refractivity (Wildman–Crippen MR) is 62.9 cm³/mol. The lowest BCUT2D eigenvalue weighted by Crippen LogP contribution is -2.07. The Bertz CT molecular complexity index is 281. The van der Waals surface area contributed by atoms with Crippen molar-refractivity contribution in [3.05, 3.63) is 10.6 Å². The van der Waals surface area contributed by atoms with Crippen molar-refractivity contribution in [3.8, 4) is 0 Å². The van der Waals surface area contributed by atoms with Crippen molar-refractivity contribution in [2.45, 2.75) is 27.2 Å². The van der Waals surface area contributed by atoms with Gasteiger partial charge in [-0.05, 0) is 25.8 Å². The van der Waals surface area contributed by atoms with E-state index in [0.29, 0.717) is 12.5 Å². The number of nitrogens with one attached hydrogen (secondary N) is 1. The average molecular weight is 213 g/mol. The Kier molecular flexibility index (Phi) is 4.35. The molecule has 3 N–H and O–H groups in total. The summed E-state index contributed by atoms with van der Waals surface area (Å²) >= 11 is 1.72. The first kappa shape index (κ1) is 11.5. The highest BCUT2D eigenvalue weighted by Crippen LogP contribution is 2.22. The third kappa shape index (κ3) is 3.27. The van der Waals surface area contributed by atoms with E-state index in [1.807, 2.05) is 6.92 Å². The van der Waals surface area contributed by atoms with E-state index in [4.69, 9.17) is 5.73 Å². The van der Waals surface area contributed by atoms with Crippen LogP contribution in [0, 0.1) is 12.8 Å². The van der Waals surface area contributed by atoms with Gasteiger partial charge in [-0.25, -0.2) is 4.98 Å². The summed E-state index contributed by atoms with van der Waals surface area (Å²) in [6.07, 6.45) is 0.937. The van der Waals surface area contributed by atoms with Crippen LogP contribution in [0.3, 0.4) is 0 Å². The van der Waals surface area contributed by atoms with Crippen molar-refractivity contribution in [1.29, 1.82) is 0 Å². The van der Waals surface area contributed by atoms with Gasteiger partial charge in [-0.1, -0.05) is 13.8 Å². The third-order valence-electron chi connectivity index (χ3n) is 1.93. The maximum Gasteiger partial charge on any atom is 0.183 e. The van der Waals surface area contributed by atoms with Crippen LogP contribution in [0.2, 0.25) is 0 Å². The number of hydrogen-bond acceptors (Lipinski definition) is 4. The van der Waals surface area contributed by atoms with Crippen LogP contribution in [0.15, 0.2) is 0 Å². The smallest absolute Gasteiger partial charge is 0.183 e. The quantitative estimate of drug-likeness (QED) is 0.787. The van der Waals surface area contributed by atoms with Crippen LogP contribution >= 0.6 is 11.3 Å². The lowest BCUT2D eigenvalue weighted by Gasteiger charge is -2.04. The van der Waals surface area contributed by atoms with Gasteiger partial charge in [0.15, 0.2) is 5.13 Å². The molecule has 0 aromatic carbocycles. The molecule has 0 fully saturated rings. The molecule has 0 aliphatic heterocycles. The predicted octanol–water partition coefficient (Wildman–Crippen LogP) is 2.02. The molecule has 1 heterocycles. The summed E-state index contributed by atoms with van der Waals surface area (Å²) in [7, 11) is 0. The number of nitrogens with two attached hydrogens (primary N) is 1. The molecular weight excluding hydrogens is 194 g/mol. The van der Waals surface area contributed by atoms with Crippen molar-refractivity contribution in [2.75, 3.05) is 18.4 Å². The fourth-order valence-corrected chi connectivity index (χ4v) is 2.14. The van der Waals surface area contributed by atoms with Crippen molar-refractivity contribution in [3.63, 3.8) is 0 Å². The van der Waals surface area contributed by atoms with Gasteiger partial charge < -0.3 is 11.1 Å². The van der Waals surface area contributed by atoms with Gasteiger partial charge in [0.1, 0.15) is 0 Å². The minimum absolute atomic E-state index is 0.650. The Hall–Kier alpha value is -0.610. The largest absolute Gasteiger partial charge is 0.361 e. The molecule has 0 radical (unpaired) electrons. The van der Waals surface area contributed by atoms with Gasteiger partial charge in [0, 0.05) is 11.4 Å². The Labute approximate surface area is 89.7 Å². The van der Waals surface area contributed by atoms with Crippen LogP contribution in [0.4, 0.5) is 5.13 Å². The first-order valence-corrected chi connectivity index (χ1v) is 5.85. The highest BCUT2D eigenvalue weighted by molar-refractivity contribution is 7.15. The van der Waals surface area contributed by atoms with E-state index in [2.05, 4.69) is 24.1 Å². The fourth-order valence-electron chi connectivity index (χ4n) is 1.16. The summed E-state index contributed by atoms with van der Waals surface area (Å²) in [5.74, 6) is 0.650. The molecule has 14 heavy (non-hydrogen) atoms. The lowest BCUT2D eigenvalue weighted by atomic mass is 10.2. The number of aryl methyl sites for hydroxylation is 1. The third-order valence-corrected chi connectivity index (χ3v) is 3.10. The van der Waals surface area contributed by atoms with Gasteiger partial charge in [-0.15, -0.1) is 11.3 Å². The molecule has 0 unspecified atom stereocenters. The summed E-state index contributed by atoms with van der Waals surface area (Å²) < 4.78 is 0. The summed E-state index contributed by atoms with van der Waals surface area (Å²) in [6, 6.07) is 0. The maximum absolute atomic E-state index is 5.52. The van der Waals surface area contributed by atoms with Crippen molar-refractivity contribution >= 4 is 16.5 Å². The molecule has 0 aliphatic carbocycles. The minimum atomic E-state index is 0.650. The Morgan fingerprint density at radius 2 is 2.21 bits per heavy atom. The van der Waals surface area contributed by atoms with Crippen molar-refractivity contribution in [1.82, 2.24) is 4.98 Å². The van der Waals surface area contributed by atoms with Gasteiger partial charge in [0.25, 0.3) is 0 Å². The summed E-state index contributed by atoms with van der Waals surface area (Å²) in [6.45, 7) is 8.10. The summed E-state index contributed by atoms with van der Waals surface area (Å²) in [4.78, 5) is 5.76. The second-order valence-electron chi connectivity index (χ2n) is 3.84. The van der Waals surface area contributed by atoms with Crippen LogP contribution in [0.25, 0.3) is 0 Å². The molecule has 1 rings (SSSR count). The Balaban J connectivity index is 2.56. The molecule has 1 aromatic heterocycles. The molecule has 0 saturated heterocycles. The van der Waals surface area contributed by atoms with E-state index < -0.39 is 0 Å². The number of rotatable bonds is 5. The van der Waals surface area contributed by atoms with Crippen LogP contribution in [-0.4, -0.2) is 18.1 Å².